The third-order valence-corrected chi connectivity index (χ3v) is 1.05. The van der Waals surface area contributed by atoms with Crippen molar-refractivity contribution in [3.8, 4) is 0 Å². The summed E-state index contributed by atoms with van der Waals surface area (Å²) in [6, 6.07) is 0. The zero-order valence-corrected chi connectivity index (χ0v) is 5.91. The van der Waals surface area contributed by atoms with E-state index in [1.807, 2.05) is 6.26 Å². The Morgan fingerprint density at radius 2 is 2.38 bits per heavy atom. The fourth-order valence-corrected chi connectivity index (χ4v) is 0.593. The molecule has 0 aromatic heterocycles. The van der Waals surface area contributed by atoms with Gasteiger partial charge in [0.2, 0.25) is 0 Å². The van der Waals surface area contributed by atoms with E-state index in [-0.39, 0.29) is 6.61 Å². The number of aliphatic hydroxyl groups excluding tert-OH is 1. The van der Waals surface area contributed by atoms with Crippen molar-refractivity contribution < 1.29 is 9.84 Å². The van der Waals surface area contributed by atoms with Crippen molar-refractivity contribution in [1.82, 2.24) is 0 Å². The van der Waals surface area contributed by atoms with Gasteiger partial charge in [-0.15, -0.1) is 11.8 Å². The van der Waals surface area contributed by atoms with Crippen LogP contribution in [0.4, 0.5) is 0 Å². The molecular formula is C5H12O2S. The molecule has 0 fully saturated rings. The van der Waals surface area contributed by atoms with Gasteiger partial charge in [0, 0.05) is 13.2 Å². The van der Waals surface area contributed by atoms with Crippen molar-refractivity contribution in [2.75, 3.05) is 25.4 Å². The van der Waals surface area contributed by atoms with Crippen molar-refractivity contribution in [3.63, 3.8) is 0 Å². The lowest BCUT2D eigenvalue weighted by Crippen LogP contribution is -1.95. The SMILES string of the molecule is CSCOCCCO. The predicted octanol–water partition coefficient (Wildman–Crippen LogP) is 0.706. The number of aliphatic hydroxyl groups is 1. The van der Waals surface area contributed by atoms with Gasteiger partial charge in [-0.1, -0.05) is 0 Å². The predicted molar refractivity (Wildman–Crippen MR) is 36.0 cm³/mol. The lowest BCUT2D eigenvalue weighted by atomic mass is 10.5. The van der Waals surface area contributed by atoms with Crippen molar-refractivity contribution in [1.29, 1.82) is 0 Å². The van der Waals surface area contributed by atoms with E-state index in [4.69, 9.17) is 9.84 Å². The molecule has 2 nitrogen and oxygen atoms in total. The third-order valence-electron chi connectivity index (χ3n) is 0.648. The summed E-state index contributed by atoms with van der Waals surface area (Å²) in [5, 5.41) is 8.28. The molecule has 8 heavy (non-hydrogen) atoms. The van der Waals surface area contributed by atoms with Crippen molar-refractivity contribution in [2.24, 2.45) is 0 Å². The standard InChI is InChI=1S/C5H12O2S/c1-8-5-7-4-2-3-6/h6H,2-5H2,1H3. The minimum atomic E-state index is 0.231. The van der Waals surface area contributed by atoms with Crippen LogP contribution in [0, 0.1) is 0 Å². The van der Waals surface area contributed by atoms with Gasteiger partial charge in [-0.2, -0.15) is 0 Å². The molecule has 0 heterocycles. The van der Waals surface area contributed by atoms with Crippen molar-refractivity contribution in [3.05, 3.63) is 0 Å². The summed E-state index contributed by atoms with van der Waals surface area (Å²) in [5.41, 5.74) is 0. The van der Waals surface area contributed by atoms with Gasteiger partial charge in [0.1, 0.15) is 0 Å². The highest BCUT2D eigenvalue weighted by molar-refractivity contribution is 7.98. The molecule has 0 aliphatic heterocycles. The monoisotopic (exact) mass is 136 g/mol. The maximum atomic E-state index is 8.28. The van der Waals surface area contributed by atoms with E-state index in [1.165, 1.54) is 0 Å². The lowest BCUT2D eigenvalue weighted by Gasteiger charge is -1.97. The summed E-state index contributed by atoms with van der Waals surface area (Å²) in [6.45, 7) is 0.908. The Hall–Kier alpha value is 0.270. The number of hydrogen-bond donors (Lipinski definition) is 1. The lowest BCUT2D eigenvalue weighted by molar-refractivity contribution is 0.154. The highest BCUT2D eigenvalue weighted by Crippen LogP contribution is 1.91. The Morgan fingerprint density at radius 3 is 2.88 bits per heavy atom. The van der Waals surface area contributed by atoms with E-state index < -0.39 is 0 Å². The molecule has 0 saturated carbocycles. The van der Waals surface area contributed by atoms with E-state index in [2.05, 4.69) is 0 Å². The summed E-state index contributed by atoms with van der Waals surface area (Å²) < 4.78 is 5.03. The molecule has 50 valence electrons. The fraction of sp³-hybridized carbons (Fsp3) is 1.00. The normalized spacial score (nSPS) is 9.75. The highest BCUT2D eigenvalue weighted by Gasteiger charge is 1.82. The zero-order chi connectivity index (χ0) is 6.24. The van der Waals surface area contributed by atoms with E-state index in [0.717, 1.165) is 12.4 Å². The Kier molecular flexibility index (Phi) is 7.52. The van der Waals surface area contributed by atoms with Gasteiger partial charge in [0.15, 0.2) is 0 Å². The summed E-state index contributed by atoms with van der Waals surface area (Å²) in [6.07, 6.45) is 2.74. The van der Waals surface area contributed by atoms with Crippen LogP contribution < -0.4 is 0 Å². The number of hydrogen-bond acceptors (Lipinski definition) is 3. The molecule has 0 aromatic carbocycles. The molecule has 0 aliphatic rings. The summed E-state index contributed by atoms with van der Waals surface area (Å²) in [4.78, 5) is 0. The second-order valence-electron chi connectivity index (χ2n) is 1.39. The molecule has 0 aliphatic carbocycles. The van der Waals surface area contributed by atoms with Crippen LogP contribution in [0.1, 0.15) is 6.42 Å². The Morgan fingerprint density at radius 1 is 1.62 bits per heavy atom. The molecule has 0 saturated heterocycles. The van der Waals surface area contributed by atoms with Crippen LogP contribution in [0.2, 0.25) is 0 Å². The van der Waals surface area contributed by atoms with Gasteiger partial charge in [-0.3, -0.25) is 0 Å². The first kappa shape index (κ1) is 8.27. The van der Waals surface area contributed by atoms with Crippen LogP contribution >= 0.6 is 11.8 Å². The third kappa shape index (κ3) is 6.27. The quantitative estimate of drug-likeness (QED) is 0.446. The summed E-state index contributed by atoms with van der Waals surface area (Å²) in [5.74, 6) is 0.736. The maximum absolute atomic E-state index is 8.28. The molecule has 0 atom stereocenters. The van der Waals surface area contributed by atoms with Crippen molar-refractivity contribution >= 4 is 11.8 Å². The molecule has 0 spiro atoms. The second kappa shape index (κ2) is 7.27. The van der Waals surface area contributed by atoms with Crippen LogP contribution in [0.3, 0.4) is 0 Å². The molecule has 0 radical (unpaired) electrons. The second-order valence-corrected chi connectivity index (χ2v) is 2.20. The van der Waals surface area contributed by atoms with E-state index in [0.29, 0.717) is 6.61 Å². The number of rotatable bonds is 5. The van der Waals surface area contributed by atoms with E-state index in [1.54, 1.807) is 11.8 Å². The first-order chi connectivity index (χ1) is 3.91. The van der Waals surface area contributed by atoms with E-state index in [9.17, 15) is 0 Å². The minimum absolute atomic E-state index is 0.231. The number of ether oxygens (including phenoxy) is 1. The van der Waals surface area contributed by atoms with Crippen molar-refractivity contribution in [2.45, 2.75) is 6.42 Å². The summed E-state index contributed by atoms with van der Waals surface area (Å²) in [7, 11) is 0. The summed E-state index contributed by atoms with van der Waals surface area (Å²) >= 11 is 1.65. The van der Waals surface area contributed by atoms with Crippen LogP contribution in [0.25, 0.3) is 0 Å². The molecule has 0 bridgehead atoms. The fourth-order valence-electron chi connectivity index (χ4n) is 0.309. The molecule has 0 unspecified atom stereocenters. The molecular weight excluding hydrogens is 124 g/mol. The first-order valence-corrected chi connectivity index (χ1v) is 3.98. The Bertz CT molecular complexity index is 35.4. The number of thioether (sulfide) groups is 1. The topological polar surface area (TPSA) is 29.5 Å². The molecule has 0 amide bonds. The Balaban J connectivity index is 2.53. The zero-order valence-electron chi connectivity index (χ0n) is 5.09. The average molecular weight is 136 g/mol. The maximum Gasteiger partial charge on any atom is 0.0918 e. The van der Waals surface area contributed by atoms with Crippen LogP contribution in [-0.2, 0) is 4.74 Å². The largest absolute Gasteiger partial charge is 0.396 e. The van der Waals surface area contributed by atoms with Gasteiger partial charge in [-0.25, -0.2) is 0 Å². The van der Waals surface area contributed by atoms with Gasteiger partial charge in [0.05, 0.1) is 5.94 Å². The smallest absolute Gasteiger partial charge is 0.0918 e. The van der Waals surface area contributed by atoms with Crippen LogP contribution in [-0.4, -0.2) is 30.5 Å². The van der Waals surface area contributed by atoms with E-state index >= 15 is 0 Å². The molecule has 0 rings (SSSR count). The molecule has 0 aromatic rings. The minimum Gasteiger partial charge on any atom is -0.396 e. The Labute approximate surface area is 54.2 Å². The van der Waals surface area contributed by atoms with Gasteiger partial charge >= 0.3 is 0 Å². The highest BCUT2D eigenvalue weighted by atomic mass is 32.2. The van der Waals surface area contributed by atoms with Crippen LogP contribution in [0.15, 0.2) is 0 Å². The molecule has 3 heteroatoms. The van der Waals surface area contributed by atoms with Gasteiger partial charge in [-0.05, 0) is 12.7 Å². The first-order valence-electron chi connectivity index (χ1n) is 2.59. The molecule has 1 N–H and O–H groups in total. The van der Waals surface area contributed by atoms with Gasteiger partial charge in [0.25, 0.3) is 0 Å². The van der Waals surface area contributed by atoms with Gasteiger partial charge < -0.3 is 9.84 Å². The van der Waals surface area contributed by atoms with Crippen LogP contribution in [0.5, 0.6) is 0 Å². The average Bonchev–Trinajstić information content (AvgIpc) is 1.81.